The summed E-state index contributed by atoms with van der Waals surface area (Å²) in [5.41, 5.74) is 8.57. The van der Waals surface area contributed by atoms with E-state index < -0.39 is 0 Å². The van der Waals surface area contributed by atoms with Crippen molar-refractivity contribution in [3.8, 4) is 0 Å². The van der Waals surface area contributed by atoms with Gasteiger partial charge in [0.05, 0.1) is 0 Å². The number of hydrogen-bond donors (Lipinski definition) is 0. The van der Waals surface area contributed by atoms with Crippen LogP contribution in [-0.4, -0.2) is 25.2 Å². The van der Waals surface area contributed by atoms with Crippen LogP contribution < -0.4 is 20.1 Å². The van der Waals surface area contributed by atoms with Crippen molar-refractivity contribution >= 4 is 11.3 Å². The molecular formula is C33H41N2+. The molecule has 3 aromatic rings. The highest BCUT2D eigenvalue weighted by molar-refractivity contribution is 5.81. The summed E-state index contributed by atoms with van der Waals surface area (Å²) < 4.78 is 2.46. The van der Waals surface area contributed by atoms with Crippen LogP contribution in [0.1, 0.15) is 88.5 Å². The Bertz CT molecular complexity index is 1390. The smallest absolute Gasteiger partial charge is 0.203 e. The first kappa shape index (κ1) is 23.9. The number of hydrogen-bond acceptors (Lipinski definition) is 1. The van der Waals surface area contributed by atoms with Crippen LogP contribution in [0.5, 0.6) is 0 Å². The monoisotopic (exact) mass is 465 g/mol. The molecule has 0 aliphatic carbocycles. The summed E-state index contributed by atoms with van der Waals surface area (Å²) in [5.74, 6) is 1.07. The quantitative estimate of drug-likeness (QED) is 0.417. The van der Waals surface area contributed by atoms with Gasteiger partial charge in [-0.05, 0) is 97.7 Å². The third-order valence-electron chi connectivity index (χ3n) is 8.91. The van der Waals surface area contributed by atoms with Gasteiger partial charge in [0.15, 0.2) is 5.54 Å². The van der Waals surface area contributed by atoms with E-state index >= 15 is 0 Å². The molecule has 2 heterocycles. The van der Waals surface area contributed by atoms with Crippen LogP contribution in [0.25, 0.3) is 5.57 Å². The molecule has 0 aromatic heterocycles. The minimum Gasteiger partial charge on any atom is -0.369 e. The van der Waals surface area contributed by atoms with Crippen LogP contribution >= 0.6 is 0 Å². The highest BCUT2D eigenvalue weighted by atomic mass is 15.2. The summed E-state index contributed by atoms with van der Waals surface area (Å²) in [6, 6.07) is 25.2. The third-order valence-corrected chi connectivity index (χ3v) is 8.91. The largest absolute Gasteiger partial charge is 0.369 e. The van der Waals surface area contributed by atoms with Crippen LogP contribution in [0.2, 0.25) is 0 Å². The van der Waals surface area contributed by atoms with Crippen molar-refractivity contribution in [3.63, 3.8) is 0 Å². The zero-order valence-electron chi connectivity index (χ0n) is 22.8. The van der Waals surface area contributed by atoms with Gasteiger partial charge in [0.2, 0.25) is 5.36 Å². The van der Waals surface area contributed by atoms with E-state index in [1.165, 1.54) is 56.9 Å². The number of nitrogens with zero attached hydrogens (tertiary/aromatic N) is 2. The fourth-order valence-corrected chi connectivity index (χ4v) is 6.57. The first-order chi connectivity index (χ1) is 16.5. The Morgan fingerprint density at radius 2 is 1.49 bits per heavy atom. The molecule has 0 bridgehead atoms. The Balaban J connectivity index is 1.78. The molecule has 0 saturated carbocycles. The fraction of sp³-hybridized carbons (Fsp3) is 0.424. The molecule has 0 saturated heterocycles. The molecule has 0 N–H and O–H groups in total. The van der Waals surface area contributed by atoms with Gasteiger partial charge in [-0.15, -0.1) is 0 Å². The second-order valence-corrected chi connectivity index (χ2v) is 12.2. The Morgan fingerprint density at radius 1 is 0.800 bits per heavy atom. The van der Waals surface area contributed by atoms with Crippen molar-refractivity contribution in [2.75, 3.05) is 19.0 Å². The van der Waals surface area contributed by atoms with Crippen LogP contribution in [-0.2, 0) is 0 Å². The van der Waals surface area contributed by atoms with E-state index in [0.717, 1.165) is 0 Å². The summed E-state index contributed by atoms with van der Waals surface area (Å²) in [4.78, 5) is 2.46. The van der Waals surface area contributed by atoms with E-state index in [9.17, 15) is 0 Å². The highest BCUT2D eigenvalue weighted by Gasteiger charge is 2.36. The third kappa shape index (κ3) is 4.01. The maximum atomic E-state index is 2.46. The normalized spacial score (nSPS) is 23.4. The zero-order chi connectivity index (χ0) is 25.1. The van der Waals surface area contributed by atoms with Crippen molar-refractivity contribution in [1.82, 2.24) is 4.58 Å². The van der Waals surface area contributed by atoms with E-state index in [2.05, 4.69) is 132 Å². The Hall–Kier alpha value is -2.87. The molecule has 182 valence electrons. The van der Waals surface area contributed by atoms with Gasteiger partial charge in [-0.2, -0.15) is 0 Å². The van der Waals surface area contributed by atoms with E-state index in [-0.39, 0.29) is 11.1 Å². The Kier molecular flexibility index (Phi) is 5.70. The van der Waals surface area contributed by atoms with Gasteiger partial charge in [-0.1, -0.05) is 50.2 Å². The molecule has 2 unspecified atom stereocenters. The number of rotatable bonds is 2. The molecule has 0 amide bonds. The van der Waals surface area contributed by atoms with Gasteiger partial charge in [0.1, 0.15) is 7.05 Å². The van der Waals surface area contributed by atoms with Crippen molar-refractivity contribution in [1.29, 1.82) is 0 Å². The second kappa shape index (κ2) is 8.36. The van der Waals surface area contributed by atoms with Crippen molar-refractivity contribution in [2.45, 2.75) is 77.3 Å². The minimum absolute atomic E-state index is 0.175. The molecule has 0 radical (unpaired) electrons. The average molecular weight is 466 g/mol. The molecule has 2 aliphatic rings. The number of anilines is 1. The molecule has 2 nitrogen and oxygen atoms in total. The standard InChI is InChI=1S/C33H41N2/c1-22-20-32(3,4)34(7)29-16-14-25(18-27(22)29)31(24-12-10-9-11-13-24)26-15-17-30-28(19-26)23(2)21-33(5,6)35(30)8/h9-19,22-23H,20-21H2,1-8H3/q+1. The van der Waals surface area contributed by atoms with E-state index in [1.807, 2.05) is 0 Å². The molecule has 5 rings (SSSR count). The predicted octanol–water partition coefficient (Wildman–Crippen LogP) is 6.06. The predicted molar refractivity (Wildman–Crippen MR) is 150 cm³/mol. The van der Waals surface area contributed by atoms with E-state index in [4.69, 9.17) is 0 Å². The average Bonchev–Trinajstić information content (AvgIpc) is 2.82. The summed E-state index contributed by atoms with van der Waals surface area (Å²) in [5, 5.41) is 2.68. The van der Waals surface area contributed by atoms with Crippen molar-refractivity contribution in [2.24, 2.45) is 0 Å². The molecule has 35 heavy (non-hydrogen) atoms. The lowest BCUT2D eigenvalue weighted by molar-refractivity contribution is 0.293. The lowest BCUT2D eigenvalue weighted by Crippen LogP contribution is -2.50. The Labute approximate surface area is 211 Å². The Morgan fingerprint density at radius 3 is 2.20 bits per heavy atom. The van der Waals surface area contributed by atoms with Gasteiger partial charge in [0.25, 0.3) is 0 Å². The molecule has 0 fully saturated rings. The number of fused-ring (bicyclic) bond motifs is 2. The molecule has 2 aliphatic heterocycles. The maximum Gasteiger partial charge on any atom is 0.203 e. The fourth-order valence-electron chi connectivity index (χ4n) is 6.57. The van der Waals surface area contributed by atoms with Crippen LogP contribution in [0.4, 0.5) is 5.69 Å². The van der Waals surface area contributed by atoms with Gasteiger partial charge < -0.3 is 4.90 Å². The lowest BCUT2D eigenvalue weighted by Gasteiger charge is -2.45. The van der Waals surface area contributed by atoms with E-state index in [1.54, 1.807) is 0 Å². The lowest BCUT2D eigenvalue weighted by atomic mass is 9.79. The van der Waals surface area contributed by atoms with Gasteiger partial charge in [-0.25, -0.2) is 4.58 Å². The van der Waals surface area contributed by atoms with Crippen LogP contribution in [0.3, 0.4) is 0 Å². The first-order valence-corrected chi connectivity index (χ1v) is 13.2. The molecular weight excluding hydrogens is 424 g/mol. The zero-order valence-corrected chi connectivity index (χ0v) is 22.8. The SMILES string of the molecule is CC1CC(C)(C)N(C)c2ccc(C(c3ccccc3)=c3ccc4c(c3)C(C)CC(C)(C)[N+]=4C)cc21. The molecule has 3 aromatic carbocycles. The maximum absolute atomic E-state index is 2.46. The molecule has 2 atom stereocenters. The number of benzene rings is 3. The topological polar surface area (TPSA) is 6.25 Å². The molecule has 0 spiro atoms. The van der Waals surface area contributed by atoms with Crippen LogP contribution in [0, 0.1) is 0 Å². The summed E-state index contributed by atoms with van der Waals surface area (Å²) >= 11 is 0. The summed E-state index contributed by atoms with van der Waals surface area (Å²) in [7, 11) is 4.49. The van der Waals surface area contributed by atoms with Gasteiger partial charge in [-0.3, -0.25) is 0 Å². The van der Waals surface area contributed by atoms with Crippen molar-refractivity contribution in [3.05, 3.63) is 99.6 Å². The van der Waals surface area contributed by atoms with Crippen molar-refractivity contribution < 1.29 is 0 Å². The summed E-state index contributed by atoms with van der Waals surface area (Å²) in [6.45, 7) is 14.2. The minimum atomic E-state index is 0.175. The molecule has 2 heteroatoms. The first-order valence-electron chi connectivity index (χ1n) is 13.2. The highest BCUT2D eigenvalue weighted by Crippen LogP contribution is 2.43. The second-order valence-electron chi connectivity index (χ2n) is 12.2. The van der Waals surface area contributed by atoms with Gasteiger partial charge in [0, 0.05) is 36.3 Å². The van der Waals surface area contributed by atoms with E-state index in [0.29, 0.717) is 11.8 Å². The van der Waals surface area contributed by atoms with Gasteiger partial charge >= 0.3 is 0 Å². The summed E-state index contributed by atoms with van der Waals surface area (Å²) in [6.07, 6.45) is 2.33. The van der Waals surface area contributed by atoms with Crippen LogP contribution in [0.15, 0.2) is 66.7 Å².